The van der Waals surface area contributed by atoms with E-state index in [2.05, 4.69) is 42.4 Å². The van der Waals surface area contributed by atoms with Gasteiger partial charge in [0.1, 0.15) is 17.3 Å². The van der Waals surface area contributed by atoms with Crippen molar-refractivity contribution >= 4 is 55.6 Å². The van der Waals surface area contributed by atoms with Crippen molar-refractivity contribution in [2.45, 2.75) is 12.8 Å². The summed E-state index contributed by atoms with van der Waals surface area (Å²) >= 11 is 0. The first-order valence-corrected chi connectivity index (χ1v) is 15.2. The minimum absolute atomic E-state index is 0.286. The maximum absolute atomic E-state index is 15.2. The van der Waals surface area contributed by atoms with Crippen molar-refractivity contribution in [3.05, 3.63) is 60.0 Å². The molecule has 0 bridgehead atoms. The molecule has 0 atom stereocenters. The van der Waals surface area contributed by atoms with E-state index in [4.69, 9.17) is 0 Å². The molecule has 3 N–H and O–H groups in total. The molecule has 40 heavy (non-hydrogen) atoms. The monoisotopic (exact) mass is 562 g/mol. The molecule has 12 heteroatoms. The number of H-pyrrole nitrogens is 1. The van der Waals surface area contributed by atoms with E-state index in [1.807, 2.05) is 36.4 Å². The van der Waals surface area contributed by atoms with E-state index in [0.29, 0.717) is 47.2 Å². The predicted octanol–water partition coefficient (Wildman–Crippen LogP) is 4.05. The van der Waals surface area contributed by atoms with Crippen LogP contribution >= 0.6 is 0 Å². The van der Waals surface area contributed by atoms with Gasteiger partial charge in [0.2, 0.25) is 16.0 Å². The van der Waals surface area contributed by atoms with Crippen LogP contribution in [0, 0.1) is 11.2 Å². The predicted molar refractivity (Wildman–Crippen MR) is 156 cm³/mol. The first kappa shape index (κ1) is 25.1. The second kappa shape index (κ2) is 9.07. The van der Waals surface area contributed by atoms with E-state index in [0.717, 1.165) is 43.5 Å². The lowest BCUT2D eigenvalue weighted by molar-refractivity contribution is 0.216. The van der Waals surface area contributed by atoms with Crippen LogP contribution in [0.15, 0.2) is 48.7 Å². The molecule has 2 fully saturated rings. The average Bonchev–Trinajstić information content (AvgIpc) is 3.62. The van der Waals surface area contributed by atoms with Crippen LogP contribution < -0.4 is 19.8 Å². The second-order valence-corrected chi connectivity index (χ2v) is 13.2. The van der Waals surface area contributed by atoms with Gasteiger partial charge in [0, 0.05) is 43.5 Å². The lowest BCUT2D eigenvalue weighted by Gasteiger charge is -2.49. The van der Waals surface area contributed by atoms with Crippen LogP contribution in [0.25, 0.3) is 11.0 Å². The third kappa shape index (κ3) is 4.31. The highest BCUT2D eigenvalue weighted by Crippen LogP contribution is 2.43. The Balaban J connectivity index is 1.15. The van der Waals surface area contributed by atoms with E-state index in [-0.39, 0.29) is 17.2 Å². The van der Waals surface area contributed by atoms with Gasteiger partial charge in [-0.05, 0) is 62.3 Å². The summed E-state index contributed by atoms with van der Waals surface area (Å²) in [7, 11) is -1.29. The number of fused-ring (bicyclic) bond motifs is 2. The molecule has 0 radical (unpaired) electrons. The van der Waals surface area contributed by atoms with Gasteiger partial charge >= 0.3 is 0 Å². The minimum Gasteiger partial charge on any atom is -0.368 e. The van der Waals surface area contributed by atoms with Crippen molar-refractivity contribution in [2.24, 2.45) is 5.41 Å². The number of aromatic nitrogens is 3. The maximum atomic E-state index is 15.2. The zero-order valence-electron chi connectivity index (χ0n) is 22.4. The summed E-state index contributed by atoms with van der Waals surface area (Å²) in [5, 5.41) is 7.23. The number of nitrogens with one attached hydrogen (secondary N) is 3. The molecule has 7 rings (SSSR count). The number of anilines is 6. The van der Waals surface area contributed by atoms with Crippen molar-refractivity contribution in [2.75, 3.05) is 65.9 Å². The number of nitrogens with zero attached hydrogens (tertiary/aromatic N) is 5. The standard InChI is InChI=1S/C28H31FN8O2S/c1-35-13-10-28(15-35)16-36(17-28)23-7-6-19(14-21(23)29)31-27-33-25-20(8-11-30-25)26(34-27)32-22-5-3-4-18-9-12-37(24(18)22)40(2,38)39/h3-8,11,14H,9-10,12-13,15-17H2,1-2H3,(H3,30,31,32,33,34). The van der Waals surface area contributed by atoms with Gasteiger partial charge in [0.25, 0.3) is 0 Å². The molecular formula is C28H31FN8O2S. The van der Waals surface area contributed by atoms with Gasteiger partial charge in [-0.3, -0.25) is 4.31 Å². The molecule has 0 aliphatic carbocycles. The number of hydrogen-bond acceptors (Lipinski definition) is 8. The molecule has 4 aromatic rings. The quantitative estimate of drug-likeness (QED) is 0.323. The highest BCUT2D eigenvalue weighted by molar-refractivity contribution is 7.92. The fourth-order valence-electron chi connectivity index (χ4n) is 6.39. The van der Waals surface area contributed by atoms with Crippen molar-refractivity contribution < 1.29 is 12.8 Å². The van der Waals surface area contributed by atoms with Gasteiger partial charge in [0.15, 0.2) is 0 Å². The molecular weight excluding hydrogens is 531 g/mol. The number of rotatable bonds is 6. The summed E-state index contributed by atoms with van der Waals surface area (Å²) in [5.41, 5.74) is 4.27. The highest BCUT2D eigenvalue weighted by atomic mass is 32.2. The van der Waals surface area contributed by atoms with E-state index in [1.165, 1.54) is 16.6 Å². The molecule has 0 saturated carbocycles. The first-order valence-electron chi connectivity index (χ1n) is 13.4. The third-order valence-electron chi connectivity index (χ3n) is 8.25. The fourth-order valence-corrected chi connectivity index (χ4v) is 7.36. The minimum atomic E-state index is -3.43. The normalized spacial score (nSPS) is 18.4. The van der Waals surface area contributed by atoms with Crippen LogP contribution in [0.2, 0.25) is 0 Å². The van der Waals surface area contributed by atoms with Gasteiger partial charge < -0.3 is 25.4 Å². The average molecular weight is 563 g/mol. The number of likely N-dealkylation sites (tertiary alicyclic amines) is 1. The summed E-state index contributed by atoms with van der Waals surface area (Å²) in [6, 6.07) is 12.7. The largest absolute Gasteiger partial charge is 0.368 e. The van der Waals surface area contributed by atoms with Crippen LogP contribution in [0.3, 0.4) is 0 Å². The van der Waals surface area contributed by atoms with Crippen molar-refractivity contribution in [3.63, 3.8) is 0 Å². The summed E-state index contributed by atoms with van der Waals surface area (Å²) in [6.07, 6.45) is 4.79. The van der Waals surface area contributed by atoms with E-state index in [1.54, 1.807) is 6.20 Å². The molecule has 0 unspecified atom stereocenters. The van der Waals surface area contributed by atoms with Crippen LogP contribution in [0.5, 0.6) is 0 Å². The molecule has 0 amide bonds. The molecule has 2 aromatic heterocycles. The van der Waals surface area contributed by atoms with Crippen molar-refractivity contribution in [3.8, 4) is 0 Å². The Kier molecular flexibility index (Phi) is 5.69. The van der Waals surface area contributed by atoms with Crippen LogP contribution in [0.4, 0.5) is 38.9 Å². The first-order chi connectivity index (χ1) is 19.2. The molecule has 5 heterocycles. The SMILES string of the molecule is CN1CCC2(C1)CN(c1ccc(Nc3nc(Nc4cccc5c4N(S(C)(=O)=O)CC5)c4cc[nH]c4n3)cc1F)C2. The van der Waals surface area contributed by atoms with Gasteiger partial charge in [-0.15, -0.1) is 0 Å². The van der Waals surface area contributed by atoms with Crippen molar-refractivity contribution in [1.82, 2.24) is 19.9 Å². The Bertz CT molecular complexity index is 1730. The number of sulfonamides is 1. The molecule has 3 aliphatic heterocycles. The Morgan fingerprint density at radius 3 is 2.65 bits per heavy atom. The summed E-state index contributed by atoms with van der Waals surface area (Å²) in [4.78, 5) is 16.8. The molecule has 3 aliphatic rings. The molecule has 2 saturated heterocycles. The zero-order valence-corrected chi connectivity index (χ0v) is 23.2. The van der Waals surface area contributed by atoms with E-state index < -0.39 is 10.0 Å². The smallest absolute Gasteiger partial charge is 0.232 e. The van der Waals surface area contributed by atoms with Gasteiger partial charge in [-0.1, -0.05) is 12.1 Å². The van der Waals surface area contributed by atoms with Crippen molar-refractivity contribution in [1.29, 1.82) is 0 Å². The highest BCUT2D eigenvalue weighted by Gasteiger charge is 2.47. The lowest BCUT2D eigenvalue weighted by Crippen LogP contribution is -2.57. The summed E-state index contributed by atoms with van der Waals surface area (Å²) in [5.74, 6) is 0.507. The topological polar surface area (TPSA) is 109 Å². The molecule has 10 nitrogen and oxygen atoms in total. The Morgan fingerprint density at radius 1 is 1.05 bits per heavy atom. The Labute approximate surface area is 232 Å². The van der Waals surface area contributed by atoms with Crippen LogP contribution in [-0.2, 0) is 16.4 Å². The molecule has 2 aromatic carbocycles. The van der Waals surface area contributed by atoms with Crippen LogP contribution in [-0.4, -0.2) is 74.3 Å². The number of benzene rings is 2. The molecule has 1 spiro atoms. The van der Waals surface area contributed by atoms with Crippen LogP contribution in [0.1, 0.15) is 12.0 Å². The lowest BCUT2D eigenvalue weighted by atomic mass is 9.78. The fraction of sp³-hybridized carbons (Fsp3) is 0.357. The third-order valence-corrected chi connectivity index (χ3v) is 9.41. The molecule has 208 valence electrons. The van der Waals surface area contributed by atoms with Gasteiger partial charge in [-0.25, -0.2) is 12.8 Å². The van der Waals surface area contributed by atoms with E-state index >= 15 is 4.39 Å². The van der Waals surface area contributed by atoms with E-state index in [9.17, 15) is 8.42 Å². The summed E-state index contributed by atoms with van der Waals surface area (Å²) < 4.78 is 41.5. The van der Waals surface area contributed by atoms with Gasteiger partial charge in [-0.2, -0.15) is 9.97 Å². The summed E-state index contributed by atoms with van der Waals surface area (Å²) in [6.45, 7) is 4.33. The zero-order chi connectivity index (χ0) is 27.6. The second-order valence-electron chi connectivity index (χ2n) is 11.3. The van der Waals surface area contributed by atoms with Gasteiger partial charge in [0.05, 0.1) is 28.7 Å². The number of hydrogen-bond donors (Lipinski definition) is 3. The Hall–Kier alpha value is -3.90. The number of aromatic amines is 1. The Morgan fingerprint density at radius 2 is 1.90 bits per heavy atom. The number of para-hydroxylation sites is 1. The number of halogens is 1. The maximum Gasteiger partial charge on any atom is 0.232 e.